The van der Waals surface area contributed by atoms with E-state index < -0.39 is 17.9 Å². The van der Waals surface area contributed by atoms with Crippen LogP contribution in [0, 0.1) is 0 Å². The molecule has 1 unspecified atom stereocenters. The summed E-state index contributed by atoms with van der Waals surface area (Å²) in [6, 6.07) is 13.6. The number of fused-ring (bicyclic) bond motifs is 1. The summed E-state index contributed by atoms with van der Waals surface area (Å²) < 4.78 is 0.824. The molecule has 0 radical (unpaired) electrons. The van der Waals surface area contributed by atoms with Gasteiger partial charge in [0.1, 0.15) is 12.7 Å². The van der Waals surface area contributed by atoms with E-state index in [2.05, 4.69) is 15.9 Å². The molecule has 5 nitrogen and oxygen atoms in total. The highest BCUT2D eigenvalue weighted by molar-refractivity contribution is 9.10. The van der Waals surface area contributed by atoms with Crippen molar-refractivity contribution in [3.8, 4) is 0 Å². The lowest BCUT2D eigenvalue weighted by molar-refractivity contribution is -0.116. The molecule has 6 heteroatoms. The topological polar surface area (TPSA) is 66.8 Å². The van der Waals surface area contributed by atoms with Crippen LogP contribution in [0.3, 0.4) is 0 Å². The monoisotopic (exact) mass is 361 g/mol. The van der Waals surface area contributed by atoms with Crippen molar-refractivity contribution in [3.05, 3.63) is 69.7 Å². The molecule has 2 aromatic rings. The number of nitrogens with zero attached hydrogens (tertiary/aromatic N) is 1. The van der Waals surface area contributed by atoms with Crippen molar-refractivity contribution in [1.82, 2.24) is 5.06 Å². The number of hydrogen-bond donors (Lipinski definition) is 1. The standard InChI is InChI=1S/C16H12BrNO4/c17-11-5-3-4-10(8-11)14(19)9-22-18-15(20)12-6-1-2-7-13(12)16(18)21/h1-8,14,19H,9H2. The molecule has 3 rings (SSSR count). The molecule has 1 heterocycles. The van der Waals surface area contributed by atoms with Crippen LogP contribution < -0.4 is 0 Å². The van der Waals surface area contributed by atoms with Gasteiger partial charge in [-0.2, -0.15) is 0 Å². The first-order valence-electron chi connectivity index (χ1n) is 6.62. The molecular formula is C16H12BrNO4. The molecule has 0 aliphatic carbocycles. The third kappa shape index (κ3) is 2.68. The van der Waals surface area contributed by atoms with Gasteiger partial charge in [0.25, 0.3) is 11.8 Å². The van der Waals surface area contributed by atoms with E-state index in [1.165, 1.54) is 0 Å². The number of rotatable bonds is 4. The molecule has 1 aliphatic heterocycles. The molecule has 0 fully saturated rings. The smallest absolute Gasteiger partial charge is 0.285 e. The Morgan fingerprint density at radius 1 is 1.05 bits per heavy atom. The van der Waals surface area contributed by atoms with E-state index in [4.69, 9.17) is 4.84 Å². The Morgan fingerprint density at radius 2 is 1.68 bits per heavy atom. The van der Waals surface area contributed by atoms with Gasteiger partial charge in [-0.3, -0.25) is 14.4 Å². The average molecular weight is 362 g/mol. The van der Waals surface area contributed by atoms with Crippen LogP contribution in [0.4, 0.5) is 0 Å². The van der Waals surface area contributed by atoms with Crippen LogP contribution in [0.25, 0.3) is 0 Å². The molecule has 2 aromatic carbocycles. The van der Waals surface area contributed by atoms with Crippen molar-refractivity contribution in [1.29, 1.82) is 0 Å². The lowest BCUT2D eigenvalue weighted by Crippen LogP contribution is -2.31. The van der Waals surface area contributed by atoms with E-state index >= 15 is 0 Å². The Morgan fingerprint density at radius 3 is 2.27 bits per heavy atom. The summed E-state index contributed by atoms with van der Waals surface area (Å²) in [7, 11) is 0. The highest BCUT2D eigenvalue weighted by Gasteiger charge is 2.36. The van der Waals surface area contributed by atoms with Crippen LogP contribution in [0.15, 0.2) is 53.0 Å². The van der Waals surface area contributed by atoms with Crippen molar-refractivity contribution >= 4 is 27.7 Å². The van der Waals surface area contributed by atoms with Gasteiger partial charge >= 0.3 is 0 Å². The molecule has 1 N–H and O–H groups in total. The van der Waals surface area contributed by atoms with Crippen molar-refractivity contribution in [3.63, 3.8) is 0 Å². The fourth-order valence-corrected chi connectivity index (χ4v) is 2.66. The van der Waals surface area contributed by atoms with Crippen molar-refractivity contribution in [2.75, 3.05) is 6.61 Å². The van der Waals surface area contributed by atoms with Gasteiger partial charge in [-0.25, -0.2) is 0 Å². The zero-order chi connectivity index (χ0) is 15.7. The lowest BCUT2D eigenvalue weighted by Gasteiger charge is -2.17. The summed E-state index contributed by atoms with van der Waals surface area (Å²) in [6.45, 7) is -0.193. The Kier molecular flexibility index (Phi) is 4.06. The molecule has 2 amide bonds. The summed E-state index contributed by atoms with van der Waals surface area (Å²) in [5.74, 6) is -1.02. The number of imide groups is 1. The zero-order valence-corrected chi connectivity index (χ0v) is 13.0. The third-order valence-electron chi connectivity index (χ3n) is 3.35. The van der Waals surface area contributed by atoms with E-state index in [-0.39, 0.29) is 6.61 Å². The summed E-state index contributed by atoms with van der Waals surface area (Å²) in [4.78, 5) is 29.4. The predicted molar refractivity (Wildman–Crippen MR) is 82.0 cm³/mol. The van der Waals surface area contributed by atoms with Crippen LogP contribution in [-0.2, 0) is 4.84 Å². The molecule has 22 heavy (non-hydrogen) atoms. The largest absolute Gasteiger partial charge is 0.386 e. The number of aliphatic hydroxyl groups excluding tert-OH is 1. The fraction of sp³-hybridized carbons (Fsp3) is 0.125. The average Bonchev–Trinajstić information content (AvgIpc) is 2.77. The van der Waals surface area contributed by atoms with E-state index in [1.807, 2.05) is 6.07 Å². The number of carbonyl (C=O) groups is 2. The Bertz CT molecular complexity index is 711. The summed E-state index contributed by atoms with van der Waals surface area (Å²) >= 11 is 3.32. The van der Waals surface area contributed by atoms with Gasteiger partial charge in [-0.05, 0) is 29.8 Å². The first kappa shape index (κ1) is 14.9. The number of amides is 2. The van der Waals surface area contributed by atoms with Crippen molar-refractivity contribution < 1.29 is 19.5 Å². The molecule has 0 saturated heterocycles. The van der Waals surface area contributed by atoms with Gasteiger partial charge in [-0.1, -0.05) is 40.2 Å². The number of hydrogen-bond acceptors (Lipinski definition) is 4. The van der Waals surface area contributed by atoms with Gasteiger partial charge in [0.2, 0.25) is 0 Å². The highest BCUT2D eigenvalue weighted by atomic mass is 79.9. The first-order chi connectivity index (χ1) is 10.6. The minimum absolute atomic E-state index is 0.193. The first-order valence-corrected chi connectivity index (χ1v) is 7.41. The molecule has 0 spiro atoms. The molecule has 112 valence electrons. The Hall–Kier alpha value is -2.02. The number of aliphatic hydroxyl groups is 1. The van der Waals surface area contributed by atoms with Crippen LogP contribution in [0.1, 0.15) is 32.4 Å². The van der Waals surface area contributed by atoms with Gasteiger partial charge in [0.05, 0.1) is 11.1 Å². The quantitative estimate of drug-likeness (QED) is 0.850. The zero-order valence-electron chi connectivity index (χ0n) is 11.4. The Balaban J connectivity index is 1.70. The molecule has 0 saturated carbocycles. The van der Waals surface area contributed by atoms with E-state index in [0.717, 1.165) is 4.47 Å². The number of halogens is 1. The normalized spacial score (nSPS) is 15.1. The molecule has 0 aromatic heterocycles. The van der Waals surface area contributed by atoms with Gasteiger partial charge in [-0.15, -0.1) is 5.06 Å². The molecule has 1 atom stereocenters. The molecule has 1 aliphatic rings. The molecular weight excluding hydrogens is 350 g/mol. The van der Waals surface area contributed by atoms with E-state index in [9.17, 15) is 14.7 Å². The summed E-state index contributed by atoms with van der Waals surface area (Å²) in [6.07, 6.45) is -0.943. The van der Waals surface area contributed by atoms with Gasteiger partial charge in [0.15, 0.2) is 0 Å². The second kappa shape index (κ2) is 6.00. The third-order valence-corrected chi connectivity index (χ3v) is 3.84. The number of benzene rings is 2. The Labute approximate surface area is 135 Å². The lowest BCUT2D eigenvalue weighted by atomic mass is 10.1. The van der Waals surface area contributed by atoms with Crippen LogP contribution in [0.5, 0.6) is 0 Å². The van der Waals surface area contributed by atoms with Crippen LogP contribution in [-0.4, -0.2) is 28.6 Å². The maximum absolute atomic E-state index is 12.1. The van der Waals surface area contributed by atoms with Crippen LogP contribution in [0.2, 0.25) is 0 Å². The molecule has 0 bridgehead atoms. The van der Waals surface area contributed by atoms with E-state index in [0.29, 0.717) is 21.8 Å². The minimum Gasteiger partial charge on any atom is -0.386 e. The minimum atomic E-state index is -0.943. The maximum Gasteiger partial charge on any atom is 0.285 e. The van der Waals surface area contributed by atoms with E-state index in [1.54, 1.807) is 42.5 Å². The highest BCUT2D eigenvalue weighted by Crippen LogP contribution is 2.24. The summed E-state index contributed by atoms with van der Waals surface area (Å²) in [5, 5.41) is 10.8. The fourth-order valence-electron chi connectivity index (χ4n) is 2.24. The van der Waals surface area contributed by atoms with Crippen molar-refractivity contribution in [2.24, 2.45) is 0 Å². The van der Waals surface area contributed by atoms with Crippen molar-refractivity contribution in [2.45, 2.75) is 6.10 Å². The second-order valence-electron chi connectivity index (χ2n) is 4.82. The van der Waals surface area contributed by atoms with Crippen LogP contribution >= 0.6 is 15.9 Å². The predicted octanol–water partition coefficient (Wildman–Crippen LogP) is 2.71. The number of hydroxylamine groups is 2. The maximum atomic E-state index is 12.1. The SMILES string of the molecule is O=C1c2ccccc2C(=O)N1OCC(O)c1cccc(Br)c1. The summed E-state index contributed by atoms with van der Waals surface area (Å²) in [5.41, 5.74) is 1.25. The van der Waals surface area contributed by atoms with Gasteiger partial charge in [0, 0.05) is 4.47 Å². The van der Waals surface area contributed by atoms with Gasteiger partial charge < -0.3 is 5.11 Å². The number of carbonyl (C=O) groups excluding carboxylic acids is 2. The second-order valence-corrected chi connectivity index (χ2v) is 5.73.